The number of carbonyl (C=O) groups is 3. The lowest BCUT2D eigenvalue weighted by Gasteiger charge is -2.22. The van der Waals surface area contributed by atoms with Crippen LogP contribution in [0.2, 0.25) is 0 Å². The van der Waals surface area contributed by atoms with E-state index in [1.807, 2.05) is 24.3 Å². The van der Waals surface area contributed by atoms with E-state index in [0.29, 0.717) is 45.2 Å². The Kier molecular flexibility index (Phi) is 9.06. The van der Waals surface area contributed by atoms with Gasteiger partial charge in [-0.2, -0.15) is 0 Å². The van der Waals surface area contributed by atoms with Crippen LogP contribution in [-0.2, 0) is 32.1 Å². The van der Waals surface area contributed by atoms with E-state index in [-0.39, 0.29) is 11.8 Å². The van der Waals surface area contributed by atoms with Crippen molar-refractivity contribution >= 4 is 28.7 Å². The summed E-state index contributed by atoms with van der Waals surface area (Å²) < 4.78 is 7.04. The Morgan fingerprint density at radius 2 is 1.97 bits per heavy atom. The van der Waals surface area contributed by atoms with Gasteiger partial charge in [0.25, 0.3) is 0 Å². The maximum absolute atomic E-state index is 12.9. The zero-order valence-electron chi connectivity index (χ0n) is 19.2. The molecule has 0 aliphatic carbocycles. The Morgan fingerprint density at radius 3 is 2.76 bits per heavy atom. The highest BCUT2D eigenvalue weighted by Crippen LogP contribution is 2.23. The Labute approximate surface area is 194 Å². The molecule has 2 atom stereocenters. The third kappa shape index (κ3) is 6.68. The van der Waals surface area contributed by atoms with Crippen LogP contribution in [0.3, 0.4) is 0 Å². The first-order valence-corrected chi connectivity index (χ1v) is 11.6. The molecule has 2 bridgehead atoms. The highest BCUT2D eigenvalue weighted by molar-refractivity contribution is 5.91. The van der Waals surface area contributed by atoms with Crippen LogP contribution in [0.1, 0.15) is 44.1 Å². The van der Waals surface area contributed by atoms with Gasteiger partial charge in [-0.3, -0.25) is 9.59 Å². The number of unbranched alkanes of at least 4 members (excludes halogenated alkanes) is 1. The summed E-state index contributed by atoms with van der Waals surface area (Å²) in [5.41, 5.74) is 7.91. The van der Waals surface area contributed by atoms with Crippen LogP contribution in [0.25, 0.3) is 10.9 Å². The van der Waals surface area contributed by atoms with Crippen molar-refractivity contribution in [1.29, 1.82) is 0 Å². The minimum absolute atomic E-state index is 0.173. The lowest BCUT2D eigenvalue weighted by atomic mass is 10.1. The number of para-hydroxylation sites is 1. The number of ether oxygens (including phenoxy) is 1. The molecule has 0 spiro atoms. The molecule has 3 rings (SSSR count). The number of nitrogens with two attached hydrogens (primary N) is 1. The number of aromatic nitrogens is 1. The minimum Gasteiger partial charge on any atom is -0.467 e. The zero-order valence-corrected chi connectivity index (χ0v) is 19.2. The lowest BCUT2D eigenvalue weighted by Crippen LogP contribution is -2.51. The first kappa shape index (κ1) is 24.5. The summed E-state index contributed by atoms with van der Waals surface area (Å²) in [6.45, 7) is 1.16. The minimum atomic E-state index is -0.822. The van der Waals surface area contributed by atoms with Crippen molar-refractivity contribution in [3.05, 3.63) is 48.2 Å². The fourth-order valence-electron chi connectivity index (χ4n) is 4.19. The molecule has 2 amide bonds. The molecule has 1 aliphatic heterocycles. The van der Waals surface area contributed by atoms with E-state index in [1.165, 1.54) is 18.1 Å². The summed E-state index contributed by atoms with van der Waals surface area (Å²) >= 11 is 0. The number of hydrogen-bond donors (Lipinski definition) is 3. The van der Waals surface area contributed by atoms with Gasteiger partial charge in [-0.15, -0.1) is 0 Å². The third-order valence-corrected chi connectivity index (χ3v) is 5.96. The Balaban J connectivity index is 1.85. The molecule has 0 radical (unpaired) electrons. The van der Waals surface area contributed by atoms with E-state index in [4.69, 9.17) is 10.5 Å². The summed E-state index contributed by atoms with van der Waals surface area (Å²) in [5, 5.41) is 6.80. The fourth-order valence-corrected chi connectivity index (χ4v) is 4.19. The number of nitrogens with one attached hydrogen (secondary N) is 2. The molecular formula is C25H34N4O4. The third-order valence-electron chi connectivity index (χ3n) is 5.96. The summed E-state index contributed by atoms with van der Waals surface area (Å²) in [6, 6.07) is 6.67. The molecule has 178 valence electrons. The van der Waals surface area contributed by atoms with Gasteiger partial charge in [-0.25, -0.2) is 4.79 Å². The van der Waals surface area contributed by atoms with Crippen molar-refractivity contribution in [3.8, 4) is 0 Å². The van der Waals surface area contributed by atoms with Gasteiger partial charge >= 0.3 is 5.97 Å². The average molecular weight is 455 g/mol. The molecule has 1 aromatic carbocycles. The van der Waals surface area contributed by atoms with E-state index in [9.17, 15) is 14.4 Å². The number of aryl methyl sites for hydroxylation is 1. The van der Waals surface area contributed by atoms with Crippen LogP contribution in [0.4, 0.5) is 0 Å². The summed E-state index contributed by atoms with van der Waals surface area (Å²) in [6.07, 6.45) is 10.0. The van der Waals surface area contributed by atoms with E-state index >= 15 is 0 Å². The molecule has 8 heteroatoms. The fraction of sp³-hybridized carbons (Fsp3) is 0.480. The largest absolute Gasteiger partial charge is 0.467 e. The maximum Gasteiger partial charge on any atom is 0.328 e. The van der Waals surface area contributed by atoms with E-state index in [2.05, 4.69) is 33.5 Å². The zero-order chi connectivity index (χ0) is 23.6. The maximum atomic E-state index is 12.9. The second-order valence-electron chi connectivity index (χ2n) is 8.37. The first-order valence-electron chi connectivity index (χ1n) is 11.6. The molecule has 0 saturated carbocycles. The molecule has 33 heavy (non-hydrogen) atoms. The number of hydrogen-bond acceptors (Lipinski definition) is 5. The quantitative estimate of drug-likeness (QED) is 0.364. The highest BCUT2D eigenvalue weighted by atomic mass is 16.5. The number of amides is 2. The van der Waals surface area contributed by atoms with Gasteiger partial charge in [-0.05, 0) is 56.7 Å². The summed E-state index contributed by atoms with van der Waals surface area (Å²) in [5.74, 6) is -1.07. The van der Waals surface area contributed by atoms with Crippen LogP contribution < -0.4 is 16.4 Å². The topological polar surface area (TPSA) is 115 Å². The van der Waals surface area contributed by atoms with E-state index < -0.39 is 18.1 Å². The molecule has 2 aromatic rings. The molecule has 1 aliphatic rings. The number of benzene rings is 1. The second kappa shape index (κ2) is 12.2. The molecule has 0 unspecified atom stereocenters. The van der Waals surface area contributed by atoms with Crippen LogP contribution in [0.15, 0.2) is 42.6 Å². The predicted octanol–water partition coefficient (Wildman–Crippen LogP) is 2.20. The molecular weight excluding hydrogens is 420 g/mol. The Bertz CT molecular complexity index is 997. The lowest BCUT2D eigenvalue weighted by molar-refractivity contribution is -0.145. The number of carbonyl (C=O) groups excluding carboxylic acids is 3. The number of allylic oxidation sites excluding steroid dienone is 1. The molecule has 0 saturated heterocycles. The Hall–Kier alpha value is -3.13. The second-order valence-corrected chi connectivity index (χ2v) is 8.37. The molecule has 8 nitrogen and oxygen atoms in total. The number of rotatable bonds is 5. The van der Waals surface area contributed by atoms with Gasteiger partial charge < -0.3 is 25.7 Å². The van der Waals surface area contributed by atoms with Crippen molar-refractivity contribution in [2.45, 2.75) is 63.6 Å². The van der Waals surface area contributed by atoms with Gasteiger partial charge in [0, 0.05) is 30.1 Å². The van der Waals surface area contributed by atoms with Crippen LogP contribution in [0, 0.1) is 0 Å². The number of nitrogens with zero attached hydrogens (tertiary/aromatic N) is 1. The van der Waals surface area contributed by atoms with E-state index in [0.717, 1.165) is 18.4 Å². The molecule has 1 aromatic heterocycles. The van der Waals surface area contributed by atoms with Gasteiger partial charge in [-0.1, -0.05) is 30.4 Å². The first-order chi connectivity index (χ1) is 16.0. The van der Waals surface area contributed by atoms with Crippen LogP contribution in [0.5, 0.6) is 0 Å². The Morgan fingerprint density at radius 1 is 1.15 bits per heavy atom. The van der Waals surface area contributed by atoms with E-state index in [1.54, 1.807) is 0 Å². The molecule has 0 fully saturated rings. The van der Waals surface area contributed by atoms with Crippen molar-refractivity contribution < 1.29 is 19.1 Å². The number of esters is 1. The van der Waals surface area contributed by atoms with Gasteiger partial charge in [0.15, 0.2) is 0 Å². The number of fused-ring (bicyclic) bond motifs is 5. The van der Waals surface area contributed by atoms with Gasteiger partial charge in [0.1, 0.15) is 12.1 Å². The molecule has 4 N–H and O–H groups in total. The normalized spacial score (nSPS) is 21.3. The van der Waals surface area contributed by atoms with Crippen molar-refractivity contribution in [2.75, 3.05) is 13.7 Å². The van der Waals surface area contributed by atoms with Gasteiger partial charge in [0.05, 0.1) is 7.11 Å². The number of methoxy groups -OCH3 is 1. The van der Waals surface area contributed by atoms with Crippen molar-refractivity contribution in [2.24, 2.45) is 5.73 Å². The monoisotopic (exact) mass is 454 g/mol. The van der Waals surface area contributed by atoms with Crippen LogP contribution in [-0.4, -0.2) is 48.1 Å². The summed E-state index contributed by atoms with van der Waals surface area (Å²) in [4.78, 5) is 37.9. The van der Waals surface area contributed by atoms with Crippen LogP contribution >= 0.6 is 0 Å². The highest BCUT2D eigenvalue weighted by Gasteiger charge is 2.26. The smallest absolute Gasteiger partial charge is 0.328 e. The van der Waals surface area contributed by atoms with Crippen molar-refractivity contribution in [3.63, 3.8) is 0 Å². The standard InChI is InChI=1S/C25H34N4O4/c1-33-25(32)21-12-5-7-16-29-17-18(19-10-2-3-13-22(19)29)9-8-14-23(30)27-20(24(31)28-21)11-4-6-15-26/h2-3,5,7,10,13,17,20-21H,4,6,8-9,11-12,14-16,26H2,1H3,(H,27,30)(H,28,31)/b7-5-/t20-,21+/m1/s1. The van der Waals surface area contributed by atoms with Crippen molar-refractivity contribution in [1.82, 2.24) is 15.2 Å². The predicted molar refractivity (Wildman–Crippen MR) is 127 cm³/mol. The van der Waals surface area contributed by atoms with Gasteiger partial charge in [0.2, 0.25) is 11.8 Å². The summed E-state index contributed by atoms with van der Waals surface area (Å²) in [7, 11) is 1.30. The molecule has 2 heterocycles. The SMILES string of the molecule is COC(=O)[C@@H]1C/C=C\Cn2cc(c3ccccc32)CCCC(=O)N[C@H](CCCCN)C(=O)N1. The average Bonchev–Trinajstić information content (AvgIpc) is 3.17.